The highest BCUT2D eigenvalue weighted by Gasteiger charge is 2.28. The van der Waals surface area contributed by atoms with Crippen molar-refractivity contribution >= 4 is 5.78 Å². The van der Waals surface area contributed by atoms with E-state index in [0.29, 0.717) is 18.4 Å². The van der Waals surface area contributed by atoms with Gasteiger partial charge < -0.3 is 0 Å². The molecule has 1 aromatic rings. The van der Waals surface area contributed by atoms with Gasteiger partial charge in [-0.2, -0.15) is 0 Å². The Hall–Kier alpha value is -1.15. The van der Waals surface area contributed by atoms with Crippen molar-refractivity contribution in [2.45, 2.75) is 34.6 Å². The van der Waals surface area contributed by atoms with Crippen LogP contribution in [-0.2, 0) is 0 Å². The second-order valence-corrected chi connectivity index (χ2v) is 6.35. The lowest BCUT2D eigenvalue weighted by Crippen LogP contribution is -2.28. The number of nitrogens with zero attached hydrogens (tertiary/aromatic N) is 1. The quantitative estimate of drug-likeness (QED) is 0.776. The van der Waals surface area contributed by atoms with Crippen LogP contribution in [0.1, 0.15) is 40.9 Å². The van der Waals surface area contributed by atoms with Crippen molar-refractivity contribution in [1.82, 2.24) is 4.90 Å². The summed E-state index contributed by atoms with van der Waals surface area (Å²) >= 11 is 0. The largest absolute Gasteiger partial charge is 0.295 e. The van der Waals surface area contributed by atoms with E-state index in [0.717, 1.165) is 29.8 Å². The second kappa shape index (κ2) is 5.46. The average Bonchev–Trinajstić information content (AvgIpc) is 2.55. The fourth-order valence-electron chi connectivity index (χ4n) is 3.28. The van der Waals surface area contributed by atoms with Crippen LogP contribution in [-0.4, -0.2) is 30.3 Å². The molecule has 0 amide bonds. The van der Waals surface area contributed by atoms with E-state index in [2.05, 4.69) is 37.8 Å². The van der Waals surface area contributed by atoms with Gasteiger partial charge in [-0.1, -0.05) is 31.5 Å². The molecule has 0 aromatic heterocycles. The lowest BCUT2D eigenvalue weighted by molar-refractivity contribution is 0.0941. The van der Waals surface area contributed by atoms with Gasteiger partial charge in [0.15, 0.2) is 5.78 Å². The molecule has 1 aliphatic rings. The van der Waals surface area contributed by atoms with Crippen molar-refractivity contribution in [2.75, 3.05) is 19.6 Å². The minimum absolute atomic E-state index is 0.274. The summed E-state index contributed by atoms with van der Waals surface area (Å²) in [5.41, 5.74) is 4.39. The summed E-state index contributed by atoms with van der Waals surface area (Å²) in [6.45, 7) is 13.4. The highest BCUT2D eigenvalue weighted by Crippen LogP contribution is 2.23. The summed E-state index contributed by atoms with van der Waals surface area (Å²) in [6.07, 6.45) is 0. The summed E-state index contributed by atoms with van der Waals surface area (Å²) in [5, 5.41) is 0. The Morgan fingerprint density at radius 1 is 1.11 bits per heavy atom. The fraction of sp³-hybridized carbons (Fsp3) is 0.588. The van der Waals surface area contributed by atoms with Crippen molar-refractivity contribution in [2.24, 2.45) is 11.8 Å². The molecule has 0 radical (unpaired) electrons. The molecule has 0 aliphatic carbocycles. The van der Waals surface area contributed by atoms with Gasteiger partial charge in [0.2, 0.25) is 0 Å². The maximum Gasteiger partial charge on any atom is 0.177 e. The molecule has 19 heavy (non-hydrogen) atoms. The van der Waals surface area contributed by atoms with Crippen LogP contribution >= 0.6 is 0 Å². The molecule has 0 bridgehead atoms. The maximum atomic E-state index is 12.5. The SMILES string of the molecule is Cc1cc(C)c(C(=O)CN2CC(C)C(C)C2)c(C)c1. The zero-order valence-electron chi connectivity index (χ0n) is 12.8. The number of carbonyl (C=O) groups is 1. The average molecular weight is 259 g/mol. The van der Waals surface area contributed by atoms with Crippen LogP contribution in [0.5, 0.6) is 0 Å². The van der Waals surface area contributed by atoms with Gasteiger partial charge in [0.25, 0.3) is 0 Å². The van der Waals surface area contributed by atoms with Gasteiger partial charge >= 0.3 is 0 Å². The summed E-state index contributed by atoms with van der Waals surface area (Å²) in [6, 6.07) is 4.21. The van der Waals surface area contributed by atoms with E-state index >= 15 is 0 Å². The number of likely N-dealkylation sites (tertiary alicyclic amines) is 1. The Labute approximate surface area is 116 Å². The van der Waals surface area contributed by atoms with E-state index in [9.17, 15) is 4.79 Å². The summed E-state index contributed by atoms with van der Waals surface area (Å²) < 4.78 is 0. The molecule has 104 valence electrons. The van der Waals surface area contributed by atoms with Gasteiger partial charge in [0.05, 0.1) is 6.54 Å². The van der Waals surface area contributed by atoms with Crippen LogP contribution < -0.4 is 0 Å². The number of aryl methyl sites for hydroxylation is 3. The molecule has 2 heteroatoms. The second-order valence-electron chi connectivity index (χ2n) is 6.35. The predicted molar refractivity (Wildman–Crippen MR) is 79.8 cm³/mol. The monoisotopic (exact) mass is 259 g/mol. The van der Waals surface area contributed by atoms with E-state index in [1.165, 1.54) is 5.56 Å². The number of hydrogen-bond acceptors (Lipinski definition) is 2. The van der Waals surface area contributed by atoms with Gasteiger partial charge in [0.1, 0.15) is 0 Å². The maximum absolute atomic E-state index is 12.5. The van der Waals surface area contributed by atoms with Crippen LogP contribution in [0.3, 0.4) is 0 Å². The highest BCUT2D eigenvalue weighted by atomic mass is 16.1. The lowest BCUT2D eigenvalue weighted by Gasteiger charge is -2.17. The standard InChI is InChI=1S/C17H25NO/c1-11-6-12(2)17(13(3)7-11)16(19)10-18-8-14(4)15(5)9-18/h6-7,14-15H,8-10H2,1-5H3. The Bertz CT molecular complexity index is 459. The normalized spacial score (nSPS) is 23.8. The minimum Gasteiger partial charge on any atom is -0.295 e. The smallest absolute Gasteiger partial charge is 0.177 e. The van der Waals surface area contributed by atoms with E-state index in [-0.39, 0.29) is 5.78 Å². The number of Topliss-reactive ketones (excluding diaryl/α,β-unsaturated/α-hetero) is 1. The molecule has 1 aromatic carbocycles. The molecule has 0 saturated carbocycles. The molecular formula is C17H25NO. The molecule has 1 fully saturated rings. The zero-order chi connectivity index (χ0) is 14.2. The number of benzene rings is 1. The van der Waals surface area contributed by atoms with Crippen molar-refractivity contribution in [3.05, 3.63) is 34.4 Å². The molecule has 2 nitrogen and oxygen atoms in total. The van der Waals surface area contributed by atoms with Crippen molar-refractivity contribution < 1.29 is 4.79 Å². The third-order valence-electron chi connectivity index (χ3n) is 4.39. The molecule has 1 saturated heterocycles. The molecule has 2 atom stereocenters. The molecule has 0 N–H and O–H groups in total. The topological polar surface area (TPSA) is 20.3 Å². The molecule has 2 unspecified atom stereocenters. The molecule has 1 heterocycles. The first-order valence-corrected chi connectivity index (χ1v) is 7.22. The van der Waals surface area contributed by atoms with Gasteiger partial charge in [-0.25, -0.2) is 0 Å². The molecule has 0 spiro atoms. The first-order valence-electron chi connectivity index (χ1n) is 7.22. The predicted octanol–water partition coefficient (Wildman–Crippen LogP) is 3.38. The van der Waals surface area contributed by atoms with E-state index in [1.807, 2.05) is 13.8 Å². The van der Waals surface area contributed by atoms with Crippen LogP contribution in [0.2, 0.25) is 0 Å². The Morgan fingerprint density at radius 3 is 2.05 bits per heavy atom. The first-order chi connectivity index (χ1) is 8.88. The van der Waals surface area contributed by atoms with Crippen molar-refractivity contribution in [3.8, 4) is 0 Å². The van der Waals surface area contributed by atoms with Gasteiger partial charge in [-0.3, -0.25) is 9.69 Å². The fourth-order valence-corrected chi connectivity index (χ4v) is 3.28. The van der Waals surface area contributed by atoms with Gasteiger partial charge in [-0.15, -0.1) is 0 Å². The third kappa shape index (κ3) is 3.06. The Balaban J connectivity index is 2.13. The van der Waals surface area contributed by atoms with Crippen LogP contribution in [0.4, 0.5) is 0 Å². The number of carbonyl (C=O) groups excluding carboxylic acids is 1. The van der Waals surface area contributed by atoms with Crippen molar-refractivity contribution in [3.63, 3.8) is 0 Å². The third-order valence-corrected chi connectivity index (χ3v) is 4.39. The molecule has 2 rings (SSSR count). The van der Waals surface area contributed by atoms with Gasteiger partial charge in [0, 0.05) is 18.7 Å². The Kier molecular flexibility index (Phi) is 4.10. The van der Waals surface area contributed by atoms with Crippen LogP contribution in [0, 0.1) is 32.6 Å². The number of hydrogen-bond donors (Lipinski definition) is 0. The Morgan fingerprint density at radius 2 is 1.58 bits per heavy atom. The number of ketones is 1. The summed E-state index contributed by atoms with van der Waals surface area (Å²) in [5.74, 6) is 1.68. The van der Waals surface area contributed by atoms with Crippen LogP contribution in [0.15, 0.2) is 12.1 Å². The highest BCUT2D eigenvalue weighted by molar-refractivity contribution is 6.00. The van der Waals surface area contributed by atoms with E-state index in [4.69, 9.17) is 0 Å². The summed E-state index contributed by atoms with van der Waals surface area (Å²) in [4.78, 5) is 14.8. The first kappa shape index (κ1) is 14.3. The van der Waals surface area contributed by atoms with Crippen molar-refractivity contribution in [1.29, 1.82) is 0 Å². The number of rotatable bonds is 3. The van der Waals surface area contributed by atoms with Gasteiger partial charge in [-0.05, 0) is 43.7 Å². The summed E-state index contributed by atoms with van der Waals surface area (Å²) in [7, 11) is 0. The van der Waals surface area contributed by atoms with Crippen LogP contribution in [0.25, 0.3) is 0 Å². The zero-order valence-corrected chi connectivity index (χ0v) is 12.8. The van der Waals surface area contributed by atoms with E-state index in [1.54, 1.807) is 0 Å². The molecular weight excluding hydrogens is 234 g/mol. The molecule has 1 aliphatic heterocycles. The lowest BCUT2D eigenvalue weighted by atomic mass is 9.96. The van der Waals surface area contributed by atoms with E-state index < -0.39 is 0 Å². The minimum atomic E-state index is 0.274.